The Balaban J connectivity index is 0.975. The standard InChI is InChI=1S/C34H31ClFN9O5S/c1-17-4-3-5-21(35)29(17)42-31(48)24-15-37-34(51-24)40-25-14-26(39-18(2)38-25)44-10-8-43(9-11-44)16-19-12-20-28(22(36)13-19)33(50)45(32(20)49)23-6-7-27(46)41-30(23)47/h3-5,12-15,23H,6-11,16H2,1-2H3,(H,42,48)(H,41,46,47)(H,37,38,39,40). The first-order valence-corrected chi connectivity index (χ1v) is 17.3. The molecule has 5 amide bonds. The minimum atomic E-state index is -1.16. The zero-order valence-electron chi connectivity index (χ0n) is 27.5. The number of nitrogens with one attached hydrogen (secondary N) is 3. The number of carbonyl (C=O) groups is 5. The molecule has 2 aromatic heterocycles. The average Bonchev–Trinajstić information content (AvgIpc) is 3.65. The average molecular weight is 732 g/mol. The number of rotatable bonds is 8. The van der Waals surface area contributed by atoms with Crippen molar-refractivity contribution in [2.24, 2.45) is 0 Å². The summed E-state index contributed by atoms with van der Waals surface area (Å²) in [5.41, 5.74) is 1.47. The molecule has 0 spiro atoms. The van der Waals surface area contributed by atoms with Gasteiger partial charge in [0.1, 0.15) is 34.2 Å². The summed E-state index contributed by atoms with van der Waals surface area (Å²) in [6.45, 7) is 6.40. The Hall–Kier alpha value is -5.32. The minimum Gasteiger partial charge on any atom is -0.354 e. The van der Waals surface area contributed by atoms with Gasteiger partial charge < -0.3 is 15.5 Å². The van der Waals surface area contributed by atoms with Crippen molar-refractivity contribution in [3.8, 4) is 0 Å². The molecular weight excluding hydrogens is 701 g/mol. The van der Waals surface area contributed by atoms with E-state index in [4.69, 9.17) is 11.6 Å². The Morgan fingerprint density at radius 3 is 2.59 bits per heavy atom. The Bertz CT molecular complexity index is 2100. The maximum absolute atomic E-state index is 15.3. The van der Waals surface area contributed by atoms with Gasteiger partial charge >= 0.3 is 0 Å². The number of amides is 5. The highest BCUT2D eigenvalue weighted by Gasteiger charge is 2.46. The minimum absolute atomic E-state index is 0.00605. The number of fused-ring (bicyclic) bond motifs is 1. The van der Waals surface area contributed by atoms with Crippen molar-refractivity contribution < 1.29 is 28.4 Å². The quantitative estimate of drug-likeness (QED) is 0.224. The number of hydrogen-bond donors (Lipinski definition) is 3. The van der Waals surface area contributed by atoms with E-state index in [1.54, 1.807) is 13.0 Å². The summed E-state index contributed by atoms with van der Waals surface area (Å²) < 4.78 is 15.3. The highest BCUT2D eigenvalue weighted by atomic mass is 35.5. The SMILES string of the molecule is Cc1nc(Nc2ncc(C(=O)Nc3c(C)cccc3Cl)s2)cc(N2CCN(Cc3cc(F)c4c(c3)C(=O)N(C3CCC(=O)NC3=O)C4=O)CC2)n1. The molecule has 2 aromatic carbocycles. The van der Waals surface area contributed by atoms with E-state index >= 15 is 4.39 Å². The maximum atomic E-state index is 15.3. The van der Waals surface area contributed by atoms with E-state index in [9.17, 15) is 24.0 Å². The van der Waals surface area contributed by atoms with Crippen LogP contribution in [-0.4, -0.2) is 86.5 Å². The van der Waals surface area contributed by atoms with Crippen LogP contribution in [-0.2, 0) is 16.1 Å². The van der Waals surface area contributed by atoms with Crippen LogP contribution in [0.3, 0.4) is 0 Å². The van der Waals surface area contributed by atoms with E-state index in [2.05, 4.69) is 40.7 Å². The molecule has 7 rings (SSSR count). The number of halogens is 2. The number of carbonyl (C=O) groups excluding carboxylic acids is 5. The third kappa shape index (κ3) is 6.89. The third-order valence-corrected chi connectivity index (χ3v) is 10.1. The van der Waals surface area contributed by atoms with Crippen molar-refractivity contribution in [2.75, 3.05) is 41.7 Å². The van der Waals surface area contributed by atoms with Gasteiger partial charge in [0.05, 0.1) is 28.0 Å². The summed E-state index contributed by atoms with van der Waals surface area (Å²) in [6.07, 6.45) is 1.46. The molecule has 17 heteroatoms. The van der Waals surface area contributed by atoms with Gasteiger partial charge in [0, 0.05) is 45.2 Å². The van der Waals surface area contributed by atoms with Crippen molar-refractivity contribution in [3.05, 3.63) is 86.4 Å². The summed E-state index contributed by atoms with van der Waals surface area (Å²) in [4.78, 5) is 81.9. The van der Waals surface area contributed by atoms with Crippen molar-refractivity contribution in [1.29, 1.82) is 0 Å². The number of hydrogen-bond acceptors (Lipinski definition) is 12. The smallest absolute Gasteiger partial charge is 0.267 e. The van der Waals surface area contributed by atoms with Gasteiger partial charge in [0.15, 0.2) is 5.13 Å². The summed E-state index contributed by atoms with van der Waals surface area (Å²) in [5, 5.41) is 9.09. The first-order valence-electron chi connectivity index (χ1n) is 16.1. The molecule has 3 N–H and O–H groups in total. The molecule has 4 aromatic rings. The van der Waals surface area contributed by atoms with E-state index in [1.165, 1.54) is 29.7 Å². The molecule has 2 fully saturated rings. The second-order valence-corrected chi connectivity index (χ2v) is 13.8. The molecule has 3 aliphatic heterocycles. The van der Waals surface area contributed by atoms with Gasteiger partial charge in [-0.1, -0.05) is 35.1 Å². The van der Waals surface area contributed by atoms with Gasteiger partial charge in [-0.05, 0) is 49.6 Å². The lowest BCUT2D eigenvalue weighted by Crippen LogP contribution is -2.54. The number of benzene rings is 2. The van der Waals surface area contributed by atoms with E-state index in [-0.39, 0.29) is 29.9 Å². The fourth-order valence-corrected chi connectivity index (χ4v) is 7.36. The number of imide groups is 2. The lowest BCUT2D eigenvalue weighted by Gasteiger charge is -2.35. The van der Waals surface area contributed by atoms with Crippen molar-refractivity contribution in [2.45, 2.75) is 39.3 Å². The van der Waals surface area contributed by atoms with Crippen LogP contribution in [0.4, 0.5) is 26.8 Å². The molecule has 0 bridgehead atoms. The monoisotopic (exact) mass is 731 g/mol. The zero-order valence-corrected chi connectivity index (χ0v) is 29.0. The van der Waals surface area contributed by atoms with Gasteiger partial charge in [-0.15, -0.1) is 0 Å². The van der Waals surface area contributed by atoms with Crippen LogP contribution >= 0.6 is 22.9 Å². The molecule has 5 heterocycles. The van der Waals surface area contributed by atoms with Gasteiger partial charge in [0.2, 0.25) is 11.8 Å². The summed E-state index contributed by atoms with van der Waals surface area (Å²) in [7, 11) is 0. The fraction of sp³-hybridized carbons (Fsp3) is 0.294. The first kappa shape index (κ1) is 34.1. The van der Waals surface area contributed by atoms with Crippen LogP contribution in [0.15, 0.2) is 42.6 Å². The van der Waals surface area contributed by atoms with E-state index in [0.29, 0.717) is 76.5 Å². The van der Waals surface area contributed by atoms with Crippen molar-refractivity contribution in [3.63, 3.8) is 0 Å². The molecule has 2 saturated heterocycles. The number of para-hydroxylation sites is 1. The molecule has 262 valence electrons. The topological polar surface area (TPSA) is 170 Å². The van der Waals surface area contributed by atoms with Crippen LogP contribution in [0, 0.1) is 19.7 Å². The lowest BCUT2D eigenvalue weighted by atomic mass is 10.0. The molecule has 0 aliphatic carbocycles. The lowest BCUT2D eigenvalue weighted by molar-refractivity contribution is -0.136. The molecule has 1 unspecified atom stereocenters. The molecular formula is C34H31ClFN9O5S. The largest absolute Gasteiger partial charge is 0.354 e. The Labute approximate surface area is 300 Å². The Kier molecular flexibility index (Phi) is 9.22. The first-order chi connectivity index (χ1) is 24.4. The normalized spacial score (nSPS) is 17.8. The summed E-state index contributed by atoms with van der Waals surface area (Å²) >= 11 is 7.44. The second kappa shape index (κ2) is 13.8. The summed E-state index contributed by atoms with van der Waals surface area (Å²) in [5.74, 6) is -2.24. The van der Waals surface area contributed by atoms with Gasteiger partial charge in [-0.25, -0.2) is 19.3 Å². The second-order valence-electron chi connectivity index (χ2n) is 12.4. The van der Waals surface area contributed by atoms with Crippen molar-refractivity contribution >= 4 is 74.9 Å². The van der Waals surface area contributed by atoms with Crippen LogP contribution in [0.1, 0.15) is 60.2 Å². The molecule has 0 saturated carbocycles. The molecule has 14 nitrogen and oxygen atoms in total. The number of aryl methyl sites for hydroxylation is 2. The molecule has 3 aliphatic rings. The van der Waals surface area contributed by atoms with E-state index < -0.39 is 35.5 Å². The number of nitrogens with zero attached hydrogens (tertiary/aromatic N) is 6. The highest BCUT2D eigenvalue weighted by Crippen LogP contribution is 2.32. The number of piperidine rings is 1. The number of thiazole rings is 1. The number of aromatic nitrogens is 3. The Morgan fingerprint density at radius 2 is 1.84 bits per heavy atom. The van der Waals surface area contributed by atoms with Gasteiger partial charge in [-0.3, -0.25) is 39.1 Å². The van der Waals surface area contributed by atoms with Crippen LogP contribution in [0.5, 0.6) is 0 Å². The molecule has 1 atom stereocenters. The van der Waals surface area contributed by atoms with E-state index in [0.717, 1.165) is 10.5 Å². The summed E-state index contributed by atoms with van der Waals surface area (Å²) in [6, 6.07) is 8.79. The van der Waals surface area contributed by atoms with Crippen LogP contribution in [0.25, 0.3) is 0 Å². The maximum Gasteiger partial charge on any atom is 0.267 e. The third-order valence-electron chi connectivity index (χ3n) is 8.91. The van der Waals surface area contributed by atoms with E-state index in [1.807, 2.05) is 25.1 Å². The predicted molar refractivity (Wildman–Crippen MR) is 187 cm³/mol. The molecule has 51 heavy (non-hydrogen) atoms. The van der Waals surface area contributed by atoms with Crippen LogP contribution < -0.4 is 20.9 Å². The predicted octanol–water partition coefficient (Wildman–Crippen LogP) is 4.06. The highest BCUT2D eigenvalue weighted by molar-refractivity contribution is 7.17. The van der Waals surface area contributed by atoms with Crippen LogP contribution in [0.2, 0.25) is 5.02 Å². The van der Waals surface area contributed by atoms with Crippen molar-refractivity contribution in [1.82, 2.24) is 30.1 Å². The van der Waals surface area contributed by atoms with Gasteiger partial charge in [0.25, 0.3) is 17.7 Å². The number of piperazine rings is 1. The van der Waals surface area contributed by atoms with Gasteiger partial charge in [-0.2, -0.15) is 0 Å². The number of anilines is 4. The molecule has 0 radical (unpaired) electrons. The fourth-order valence-electron chi connectivity index (χ4n) is 6.38. The zero-order chi connectivity index (χ0) is 36.0. The Morgan fingerprint density at radius 1 is 1.06 bits per heavy atom.